The van der Waals surface area contributed by atoms with Crippen LogP contribution in [0.3, 0.4) is 0 Å². The minimum Gasteiger partial charge on any atom is -0.455 e. The molecule has 2 aliphatic heterocycles. The smallest absolute Gasteiger partial charge is 0.334 e. The van der Waals surface area contributed by atoms with Gasteiger partial charge in [-0.3, -0.25) is 4.79 Å². The Hall–Kier alpha value is -1.50. The highest BCUT2D eigenvalue weighted by Crippen LogP contribution is 2.77. The normalized spacial score (nSPS) is 54.3. The van der Waals surface area contributed by atoms with Crippen LogP contribution < -0.4 is 0 Å². The predicted molar refractivity (Wildman–Crippen MR) is 125 cm³/mol. The Balaban J connectivity index is 1.44. The van der Waals surface area contributed by atoms with Gasteiger partial charge in [-0.05, 0) is 78.1 Å². The van der Waals surface area contributed by atoms with Gasteiger partial charge in [-0.25, -0.2) is 4.79 Å². The lowest BCUT2D eigenvalue weighted by Gasteiger charge is -2.59. The van der Waals surface area contributed by atoms with Crippen molar-refractivity contribution in [1.29, 1.82) is 0 Å². The maximum absolute atomic E-state index is 13.4. The minimum absolute atomic E-state index is 0.104. The second-order valence-corrected chi connectivity index (χ2v) is 12.7. The number of esters is 1. The van der Waals surface area contributed by atoms with Crippen LogP contribution in [0.1, 0.15) is 86.0 Å². The largest absolute Gasteiger partial charge is 0.455 e. The number of hydrogen-bond acceptors (Lipinski definition) is 6. The van der Waals surface area contributed by atoms with Gasteiger partial charge in [0.15, 0.2) is 0 Å². The Kier molecular flexibility index (Phi) is 4.47. The Bertz CT molecular complexity index is 1060. The highest BCUT2D eigenvalue weighted by atomic mass is 16.6. The van der Waals surface area contributed by atoms with E-state index in [4.69, 9.17) is 9.47 Å². The topological polar surface area (TPSA) is 93.1 Å². The number of Topliss-reactive ketones (excluding diaryl/α,β-unsaturated/α-hetero) is 1. The number of cyclic esters (lactones) is 1. The van der Waals surface area contributed by atoms with Crippen LogP contribution in [-0.4, -0.2) is 51.0 Å². The van der Waals surface area contributed by atoms with Gasteiger partial charge in [-0.2, -0.15) is 0 Å². The summed E-state index contributed by atoms with van der Waals surface area (Å²) in [5, 5.41) is 22.7. The number of ketones is 1. The quantitative estimate of drug-likeness (QED) is 0.448. The van der Waals surface area contributed by atoms with Gasteiger partial charge >= 0.3 is 5.97 Å². The van der Waals surface area contributed by atoms with E-state index in [0.717, 1.165) is 36.8 Å². The average Bonchev–Trinajstić information content (AvgIpc) is 3.10. The van der Waals surface area contributed by atoms with E-state index in [0.29, 0.717) is 24.8 Å². The maximum Gasteiger partial charge on any atom is 0.334 e. The van der Waals surface area contributed by atoms with Crippen LogP contribution in [0.4, 0.5) is 0 Å². The number of carbonyl (C=O) groups is 2. The number of aliphatic hydroxyl groups is 2. The van der Waals surface area contributed by atoms with E-state index in [1.54, 1.807) is 6.92 Å². The molecule has 34 heavy (non-hydrogen) atoms. The van der Waals surface area contributed by atoms with Crippen molar-refractivity contribution >= 4 is 11.8 Å². The molecule has 0 radical (unpaired) electrons. The van der Waals surface area contributed by atoms with E-state index in [1.165, 1.54) is 0 Å². The van der Waals surface area contributed by atoms with E-state index in [-0.39, 0.29) is 30.0 Å². The lowest BCUT2D eigenvalue weighted by molar-refractivity contribution is -0.248. The molecule has 6 rings (SSSR count). The second kappa shape index (κ2) is 6.63. The van der Waals surface area contributed by atoms with Crippen LogP contribution in [0.2, 0.25) is 0 Å². The molecular weight excluding hydrogens is 432 g/mol. The molecule has 4 fully saturated rings. The first kappa shape index (κ1) is 22.9. The first-order chi connectivity index (χ1) is 15.8. The molecule has 0 aromatic carbocycles. The van der Waals surface area contributed by atoms with Gasteiger partial charge in [0.2, 0.25) is 0 Å². The fourth-order valence-corrected chi connectivity index (χ4v) is 9.45. The van der Waals surface area contributed by atoms with Crippen molar-refractivity contribution in [2.75, 3.05) is 0 Å². The Morgan fingerprint density at radius 3 is 2.44 bits per heavy atom. The molecule has 2 bridgehead atoms. The first-order valence-electron chi connectivity index (χ1n) is 13.0. The van der Waals surface area contributed by atoms with Crippen LogP contribution in [-0.2, 0) is 19.1 Å². The number of hydrogen-bond donors (Lipinski definition) is 2. The molecule has 0 aromatic rings. The summed E-state index contributed by atoms with van der Waals surface area (Å²) < 4.78 is 13.0. The van der Waals surface area contributed by atoms with E-state index in [2.05, 4.69) is 19.9 Å². The summed E-state index contributed by atoms with van der Waals surface area (Å²) >= 11 is 0. The van der Waals surface area contributed by atoms with Gasteiger partial charge in [-0.15, -0.1) is 0 Å². The predicted octanol–water partition coefficient (Wildman–Crippen LogP) is 3.78. The van der Waals surface area contributed by atoms with E-state index < -0.39 is 39.8 Å². The third kappa shape index (κ3) is 2.30. The summed E-state index contributed by atoms with van der Waals surface area (Å²) in [5.74, 6) is 0.0481. The molecule has 9 atom stereocenters. The third-order valence-electron chi connectivity index (χ3n) is 11.7. The van der Waals surface area contributed by atoms with E-state index >= 15 is 0 Å². The zero-order valence-corrected chi connectivity index (χ0v) is 21.1. The number of carbonyl (C=O) groups excluding carboxylic acids is 2. The summed E-state index contributed by atoms with van der Waals surface area (Å²) in [4.78, 5) is 26.0. The molecule has 3 saturated carbocycles. The summed E-state index contributed by atoms with van der Waals surface area (Å²) in [6, 6.07) is 0. The molecule has 1 saturated heterocycles. The van der Waals surface area contributed by atoms with Gasteiger partial charge < -0.3 is 19.7 Å². The molecule has 0 spiro atoms. The molecule has 6 nitrogen and oxygen atoms in total. The highest BCUT2D eigenvalue weighted by Gasteiger charge is 2.84. The molecule has 2 N–H and O–H groups in total. The van der Waals surface area contributed by atoms with Crippen molar-refractivity contribution in [3.8, 4) is 0 Å². The lowest BCUT2D eigenvalue weighted by Crippen LogP contribution is -2.63. The number of ether oxygens (including phenoxy) is 2. The molecule has 1 unspecified atom stereocenters. The van der Waals surface area contributed by atoms with E-state index in [9.17, 15) is 19.8 Å². The highest BCUT2D eigenvalue weighted by molar-refractivity contribution is 5.90. The summed E-state index contributed by atoms with van der Waals surface area (Å²) in [5.41, 5.74) is -1.03. The molecule has 186 valence electrons. The lowest BCUT2D eigenvalue weighted by atomic mass is 9.45. The van der Waals surface area contributed by atoms with Gasteiger partial charge in [0, 0.05) is 23.8 Å². The van der Waals surface area contributed by atoms with Gasteiger partial charge in [0.1, 0.15) is 23.1 Å². The monoisotopic (exact) mass is 470 g/mol. The Labute approximate surface area is 201 Å². The number of rotatable bonds is 1. The molecule has 0 amide bonds. The summed E-state index contributed by atoms with van der Waals surface area (Å²) in [7, 11) is 0. The van der Waals surface area contributed by atoms with Gasteiger partial charge in [0.25, 0.3) is 0 Å². The van der Waals surface area contributed by atoms with Crippen LogP contribution in [0, 0.1) is 22.7 Å². The zero-order valence-electron chi connectivity index (χ0n) is 21.1. The van der Waals surface area contributed by atoms with Crippen molar-refractivity contribution < 1.29 is 29.3 Å². The molecule has 6 aliphatic rings. The Morgan fingerprint density at radius 2 is 1.74 bits per heavy atom. The zero-order chi connectivity index (χ0) is 24.5. The van der Waals surface area contributed by atoms with Crippen molar-refractivity contribution in [3.63, 3.8) is 0 Å². The molecule has 4 aliphatic carbocycles. The van der Waals surface area contributed by atoms with E-state index in [1.807, 2.05) is 13.8 Å². The van der Waals surface area contributed by atoms with Crippen LogP contribution >= 0.6 is 0 Å². The summed E-state index contributed by atoms with van der Waals surface area (Å²) in [6.45, 7) is 9.96. The van der Waals surface area contributed by atoms with Crippen LogP contribution in [0.15, 0.2) is 22.8 Å². The molecular formula is C28H38O6. The SMILES string of the molecule is CC1=C(C)C(=O)OC([C@@]2(C)O[C@@]34CC[C@]2(O)[C@@]3(C)CC[C@H]2[C@H]4CC=C3C[C@@H](O)CC(=O)[C@@]32C)C1. The van der Waals surface area contributed by atoms with Crippen molar-refractivity contribution in [2.45, 2.75) is 115 Å². The third-order valence-corrected chi connectivity index (χ3v) is 11.7. The molecule has 2 heterocycles. The minimum atomic E-state index is -1.11. The first-order valence-corrected chi connectivity index (χ1v) is 13.0. The fourth-order valence-electron chi connectivity index (χ4n) is 9.45. The van der Waals surface area contributed by atoms with Gasteiger partial charge in [0.05, 0.1) is 17.1 Å². The number of fused-ring (bicyclic) bond motifs is 3. The van der Waals surface area contributed by atoms with Crippen LogP contribution in [0.25, 0.3) is 0 Å². The van der Waals surface area contributed by atoms with Crippen molar-refractivity contribution in [1.82, 2.24) is 0 Å². The average molecular weight is 471 g/mol. The Morgan fingerprint density at radius 1 is 1.00 bits per heavy atom. The van der Waals surface area contributed by atoms with Gasteiger partial charge in [-0.1, -0.05) is 24.1 Å². The second-order valence-electron chi connectivity index (χ2n) is 12.7. The van der Waals surface area contributed by atoms with Crippen molar-refractivity contribution in [2.24, 2.45) is 22.7 Å². The van der Waals surface area contributed by atoms with Crippen molar-refractivity contribution in [3.05, 3.63) is 22.8 Å². The molecule has 0 aromatic heterocycles. The summed E-state index contributed by atoms with van der Waals surface area (Å²) in [6.07, 6.45) is 6.19. The standard InChI is InChI=1S/C28H38O6/c1-15-12-22(33-23(31)16(15)2)26(5)28(32)11-10-27(34-26)20-7-6-17-13-18(29)14-21(30)25(17,4)19(20)8-9-24(27,28)3/h6,18-20,22,29,32H,7-14H2,1-5H3/t18-,19+,20-,22?,24+,25+,26-,27-,28+/m1/s1. The number of aliphatic hydroxyl groups excluding tert-OH is 1. The fraction of sp³-hybridized carbons (Fsp3) is 0.786. The molecule has 6 heteroatoms. The van der Waals surface area contributed by atoms with Crippen LogP contribution in [0.5, 0.6) is 0 Å². The maximum atomic E-state index is 13.4. The number of allylic oxidation sites excluding steroid dienone is 1.